The molecule has 1 saturated carbocycles. The van der Waals surface area contributed by atoms with Crippen molar-refractivity contribution in [3.05, 3.63) is 0 Å². The Balaban J connectivity index is 2.13. The van der Waals surface area contributed by atoms with Gasteiger partial charge in [0.1, 0.15) is 0 Å². The molecule has 16 heavy (non-hydrogen) atoms. The van der Waals surface area contributed by atoms with E-state index in [1.54, 1.807) is 0 Å². The minimum atomic E-state index is 0.303. The zero-order valence-electron chi connectivity index (χ0n) is 10.7. The monoisotopic (exact) mass is 246 g/mol. The van der Waals surface area contributed by atoms with Crippen LogP contribution in [0, 0.1) is 5.41 Å². The molecule has 2 nitrogen and oxygen atoms in total. The van der Waals surface area contributed by atoms with Gasteiger partial charge < -0.3 is 9.47 Å². The van der Waals surface area contributed by atoms with Crippen LogP contribution in [0.4, 0.5) is 0 Å². The van der Waals surface area contributed by atoms with Crippen molar-refractivity contribution in [2.24, 2.45) is 5.41 Å². The first-order valence-electron chi connectivity index (χ1n) is 6.49. The van der Waals surface area contributed by atoms with Crippen molar-refractivity contribution < 1.29 is 9.47 Å². The first kappa shape index (κ1) is 14.3. The van der Waals surface area contributed by atoms with Crippen LogP contribution in [-0.2, 0) is 9.47 Å². The normalized spacial score (nSPS) is 20.2. The highest BCUT2D eigenvalue weighted by Gasteiger charge is 2.30. The lowest BCUT2D eigenvalue weighted by molar-refractivity contribution is -0.0144. The summed E-state index contributed by atoms with van der Waals surface area (Å²) in [6.45, 7) is 6.39. The highest BCUT2D eigenvalue weighted by molar-refractivity contribution is 7.80. The van der Waals surface area contributed by atoms with Crippen LogP contribution in [0.3, 0.4) is 0 Å². The summed E-state index contributed by atoms with van der Waals surface area (Å²) >= 11 is 4.50. The van der Waals surface area contributed by atoms with Gasteiger partial charge in [0.15, 0.2) is 0 Å². The highest BCUT2D eigenvalue weighted by Crippen LogP contribution is 2.37. The molecule has 0 radical (unpaired) electrons. The van der Waals surface area contributed by atoms with Gasteiger partial charge >= 0.3 is 0 Å². The van der Waals surface area contributed by atoms with Crippen molar-refractivity contribution in [2.75, 3.05) is 25.6 Å². The SMILES string of the molecule is CC(C)OCCOCC1(CS)CCCCC1. The van der Waals surface area contributed by atoms with Gasteiger partial charge in [-0.15, -0.1) is 0 Å². The van der Waals surface area contributed by atoms with Crippen LogP contribution in [0.1, 0.15) is 46.0 Å². The Morgan fingerprint density at radius 3 is 2.38 bits per heavy atom. The lowest BCUT2D eigenvalue weighted by Gasteiger charge is -2.35. The quantitative estimate of drug-likeness (QED) is 0.549. The molecule has 96 valence electrons. The lowest BCUT2D eigenvalue weighted by atomic mass is 9.76. The summed E-state index contributed by atoms with van der Waals surface area (Å²) in [6, 6.07) is 0. The van der Waals surface area contributed by atoms with Crippen LogP contribution < -0.4 is 0 Å². The Morgan fingerprint density at radius 2 is 1.81 bits per heavy atom. The van der Waals surface area contributed by atoms with Crippen molar-refractivity contribution in [1.29, 1.82) is 0 Å². The molecule has 0 saturated heterocycles. The number of hydrogen-bond acceptors (Lipinski definition) is 3. The van der Waals surface area contributed by atoms with E-state index in [-0.39, 0.29) is 0 Å². The maximum absolute atomic E-state index is 5.74. The average molecular weight is 246 g/mol. The largest absolute Gasteiger partial charge is 0.378 e. The zero-order valence-corrected chi connectivity index (χ0v) is 11.6. The molecule has 0 N–H and O–H groups in total. The van der Waals surface area contributed by atoms with E-state index >= 15 is 0 Å². The summed E-state index contributed by atoms with van der Waals surface area (Å²) in [7, 11) is 0. The maximum Gasteiger partial charge on any atom is 0.0703 e. The number of ether oxygens (including phenoxy) is 2. The Morgan fingerprint density at radius 1 is 1.12 bits per heavy atom. The van der Waals surface area contributed by atoms with Gasteiger partial charge in [0.05, 0.1) is 25.9 Å². The van der Waals surface area contributed by atoms with Crippen LogP contribution >= 0.6 is 12.6 Å². The van der Waals surface area contributed by atoms with Gasteiger partial charge in [0.25, 0.3) is 0 Å². The molecule has 3 heteroatoms. The fourth-order valence-electron chi connectivity index (χ4n) is 2.28. The maximum atomic E-state index is 5.74. The van der Waals surface area contributed by atoms with E-state index in [0.717, 1.165) is 12.4 Å². The standard InChI is InChI=1S/C13H26O2S/c1-12(2)15-9-8-14-10-13(11-16)6-4-3-5-7-13/h12,16H,3-11H2,1-2H3. The average Bonchev–Trinajstić information content (AvgIpc) is 2.29. The molecule has 1 aliphatic carbocycles. The summed E-state index contributed by atoms with van der Waals surface area (Å²) in [4.78, 5) is 0. The summed E-state index contributed by atoms with van der Waals surface area (Å²) in [5, 5.41) is 0. The number of rotatable bonds is 7. The molecule has 0 aromatic heterocycles. The fraction of sp³-hybridized carbons (Fsp3) is 1.00. The molecule has 0 spiro atoms. The Labute approximate surface area is 105 Å². The van der Waals surface area contributed by atoms with E-state index < -0.39 is 0 Å². The molecule has 0 unspecified atom stereocenters. The van der Waals surface area contributed by atoms with Gasteiger partial charge in [-0.1, -0.05) is 19.3 Å². The van der Waals surface area contributed by atoms with E-state index in [1.165, 1.54) is 32.1 Å². The summed E-state index contributed by atoms with van der Waals surface area (Å²) in [6.07, 6.45) is 6.92. The molecule has 0 heterocycles. The molecule has 1 rings (SSSR count). The zero-order chi connectivity index (χ0) is 11.9. The second-order valence-corrected chi connectivity index (χ2v) is 5.51. The first-order chi connectivity index (χ1) is 7.68. The number of hydrogen-bond donors (Lipinski definition) is 1. The van der Waals surface area contributed by atoms with Crippen LogP contribution in [0.2, 0.25) is 0 Å². The second kappa shape index (κ2) is 7.57. The fourth-order valence-corrected chi connectivity index (χ4v) is 2.69. The van der Waals surface area contributed by atoms with Crippen LogP contribution in [0.15, 0.2) is 0 Å². The molecule has 1 fully saturated rings. The van der Waals surface area contributed by atoms with Crippen molar-refractivity contribution in [3.63, 3.8) is 0 Å². The molecule has 0 aliphatic heterocycles. The molecule has 0 aromatic carbocycles. The predicted octanol–water partition coefficient (Wildman–Crippen LogP) is 3.31. The number of thiol groups is 1. The Hall–Kier alpha value is 0.270. The third kappa shape index (κ3) is 5.07. The Kier molecular flexibility index (Phi) is 6.78. The van der Waals surface area contributed by atoms with Crippen molar-refractivity contribution in [3.8, 4) is 0 Å². The topological polar surface area (TPSA) is 18.5 Å². The van der Waals surface area contributed by atoms with Crippen molar-refractivity contribution in [1.82, 2.24) is 0 Å². The van der Waals surface area contributed by atoms with E-state index in [1.807, 2.05) is 0 Å². The molecular weight excluding hydrogens is 220 g/mol. The van der Waals surface area contributed by atoms with Gasteiger partial charge in [-0.3, -0.25) is 0 Å². The van der Waals surface area contributed by atoms with Crippen molar-refractivity contribution >= 4 is 12.6 Å². The smallest absolute Gasteiger partial charge is 0.0703 e. The molecule has 1 aliphatic rings. The predicted molar refractivity (Wildman–Crippen MR) is 71.3 cm³/mol. The van der Waals surface area contributed by atoms with Crippen molar-refractivity contribution in [2.45, 2.75) is 52.1 Å². The van der Waals surface area contributed by atoms with E-state index in [0.29, 0.717) is 24.7 Å². The highest BCUT2D eigenvalue weighted by atomic mass is 32.1. The van der Waals surface area contributed by atoms with Gasteiger partial charge in [-0.05, 0) is 32.4 Å². The lowest BCUT2D eigenvalue weighted by Crippen LogP contribution is -2.32. The van der Waals surface area contributed by atoms with Gasteiger partial charge in [0, 0.05) is 5.41 Å². The van der Waals surface area contributed by atoms with Gasteiger partial charge in [-0.2, -0.15) is 12.6 Å². The van der Waals surface area contributed by atoms with E-state index in [9.17, 15) is 0 Å². The van der Waals surface area contributed by atoms with Gasteiger partial charge in [0.2, 0.25) is 0 Å². The molecule has 0 amide bonds. The minimum absolute atomic E-state index is 0.303. The van der Waals surface area contributed by atoms with Crippen LogP contribution in [0.5, 0.6) is 0 Å². The van der Waals surface area contributed by atoms with Crippen LogP contribution in [-0.4, -0.2) is 31.7 Å². The molecule has 0 atom stereocenters. The van der Waals surface area contributed by atoms with Crippen LogP contribution in [0.25, 0.3) is 0 Å². The summed E-state index contributed by atoms with van der Waals surface area (Å²) in [5.41, 5.74) is 0.346. The first-order valence-corrected chi connectivity index (χ1v) is 7.12. The summed E-state index contributed by atoms with van der Waals surface area (Å²) < 4.78 is 11.2. The molecule has 0 bridgehead atoms. The van der Waals surface area contributed by atoms with Gasteiger partial charge in [-0.25, -0.2) is 0 Å². The molecular formula is C13H26O2S. The third-order valence-corrected chi connectivity index (χ3v) is 4.01. The second-order valence-electron chi connectivity index (χ2n) is 5.19. The Bertz CT molecular complexity index is 177. The minimum Gasteiger partial charge on any atom is -0.378 e. The molecule has 0 aromatic rings. The summed E-state index contributed by atoms with van der Waals surface area (Å²) in [5.74, 6) is 0.956. The van der Waals surface area contributed by atoms with E-state index in [4.69, 9.17) is 9.47 Å². The third-order valence-electron chi connectivity index (χ3n) is 3.34. The van der Waals surface area contributed by atoms with E-state index in [2.05, 4.69) is 26.5 Å².